The summed E-state index contributed by atoms with van der Waals surface area (Å²) in [5.74, 6) is 0.145. The number of amides is 2. The fourth-order valence-electron chi connectivity index (χ4n) is 2.22. The predicted molar refractivity (Wildman–Crippen MR) is 97.7 cm³/mol. The van der Waals surface area contributed by atoms with E-state index in [0.717, 1.165) is 12.0 Å². The molecule has 0 aromatic heterocycles. The number of hydrogen-bond acceptors (Lipinski definition) is 3. The lowest BCUT2D eigenvalue weighted by Gasteiger charge is -2.15. The van der Waals surface area contributed by atoms with Crippen LogP contribution < -0.4 is 15.6 Å². The molecule has 0 heterocycles. The van der Waals surface area contributed by atoms with Crippen molar-refractivity contribution in [2.75, 3.05) is 6.61 Å². The number of hydrogen-bond donors (Lipinski definition) is 2. The van der Waals surface area contributed by atoms with Crippen molar-refractivity contribution in [2.45, 2.75) is 26.2 Å². The van der Waals surface area contributed by atoms with Gasteiger partial charge in [0.05, 0.1) is 0 Å². The zero-order chi connectivity index (χ0) is 18.2. The van der Waals surface area contributed by atoms with Gasteiger partial charge in [0.25, 0.3) is 11.8 Å². The highest BCUT2D eigenvalue weighted by Gasteiger charge is 2.12. The van der Waals surface area contributed by atoms with Gasteiger partial charge < -0.3 is 4.74 Å². The third-order valence-electron chi connectivity index (χ3n) is 3.84. The third-order valence-corrected chi connectivity index (χ3v) is 4.09. The Morgan fingerprint density at radius 3 is 2.44 bits per heavy atom. The maximum Gasteiger partial charge on any atom is 0.276 e. The van der Waals surface area contributed by atoms with Gasteiger partial charge >= 0.3 is 0 Å². The molecule has 2 N–H and O–H groups in total. The quantitative estimate of drug-likeness (QED) is 0.772. The van der Waals surface area contributed by atoms with Gasteiger partial charge in [0.2, 0.25) is 0 Å². The van der Waals surface area contributed by atoms with Gasteiger partial charge in [-0.25, -0.2) is 0 Å². The lowest BCUT2D eigenvalue weighted by atomic mass is 9.98. The average molecular weight is 361 g/mol. The summed E-state index contributed by atoms with van der Waals surface area (Å²) in [7, 11) is 0. The second-order valence-corrected chi connectivity index (χ2v) is 6.08. The van der Waals surface area contributed by atoms with Crippen molar-refractivity contribution in [1.82, 2.24) is 10.9 Å². The summed E-state index contributed by atoms with van der Waals surface area (Å²) < 4.78 is 5.59. The first-order chi connectivity index (χ1) is 12.0. The molecule has 0 aliphatic heterocycles. The number of carbonyl (C=O) groups excluding carboxylic acids is 2. The molecule has 0 aliphatic carbocycles. The van der Waals surface area contributed by atoms with Gasteiger partial charge in [0, 0.05) is 10.6 Å². The minimum atomic E-state index is -0.443. The minimum Gasteiger partial charge on any atom is -0.483 e. The number of halogens is 1. The molecule has 25 heavy (non-hydrogen) atoms. The second kappa shape index (κ2) is 9.08. The average Bonchev–Trinajstić information content (AvgIpc) is 2.64. The summed E-state index contributed by atoms with van der Waals surface area (Å²) in [5.41, 5.74) is 6.13. The van der Waals surface area contributed by atoms with Crippen LogP contribution in [0.1, 0.15) is 42.1 Å². The van der Waals surface area contributed by atoms with Crippen LogP contribution in [0, 0.1) is 0 Å². The smallest absolute Gasteiger partial charge is 0.276 e. The lowest BCUT2D eigenvalue weighted by Crippen LogP contribution is -2.43. The molecule has 0 fully saturated rings. The van der Waals surface area contributed by atoms with E-state index >= 15 is 0 Å². The fraction of sp³-hybridized carbons (Fsp3) is 0.263. The summed E-state index contributed by atoms with van der Waals surface area (Å²) in [5, 5.41) is 0.536. The molecule has 0 saturated carbocycles. The van der Waals surface area contributed by atoms with Gasteiger partial charge in [-0.3, -0.25) is 20.4 Å². The molecular formula is C19H21ClN2O3. The number of benzene rings is 2. The molecule has 2 aromatic carbocycles. The molecule has 2 rings (SSSR count). The Labute approximate surface area is 152 Å². The molecule has 6 heteroatoms. The summed E-state index contributed by atoms with van der Waals surface area (Å²) in [6.45, 7) is 4.02. The number of rotatable bonds is 6. The number of carbonyl (C=O) groups is 2. The van der Waals surface area contributed by atoms with Crippen LogP contribution in [0.3, 0.4) is 0 Å². The topological polar surface area (TPSA) is 67.4 Å². The van der Waals surface area contributed by atoms with Gasteiger partial charge in [-0.05, 0) is 48.2 Å². The number of hydrazine groups is 1. The highest BCUT2D eigenvalue weighted by Crippen LogP contribution is 2.28. The Bertz CT molecular complexity index is 732. The zero-order valence-electron chi connectivity index (χ0n) is 14.2. The van der Waals surface area contributed by atoms with Crippen LogP contribution in [0.4, 0.5) is 0 Å². The van der Waals surface area contributed by atoms with Crippen LogP contribution in [-0.2, 0) is 4.79 Å². The van der Waals surface area contributed by atoms with E-state index in [9.17, 15) is 9.59 Å². The van der Waals surface area contributed by atoms with Gasteiger partial charge in [-0.15, -0.1) is 0 Å². The minimum absolute atomic E-state index is 0.186. The molecule has 0 bridgehead atoms. The van der Waals surface area contributed by atoms with Crippen molar-refractivity contribution >= 4 is 23.4 Å². The van der Waals surface area contributed by atoms with Crippen LogP contribution >= 0.6 is 11.6 Å². The first-order valence-electron chi connectivity index (χ1n) is 8.07. The van der Waals surface area contributed by atoms with Crippen LogP contribution in [0.25, 0.3) is 0 Å². The van der Waals surface area contributed by atoms with E-state index in [1.807, 2.05) is 24.3 Å². The Balaban J connectivity index is 1.85. The van der Waals surface area contributed by atoms with Crippen molar-refractivity contribution < 1.29 is 14.3 Å². The van der Waals surface area contributed by atoms with Crippen molar-refractivity contribution in [2.24, 2.45) is 0 Å². The maximum absolute atomic E-state index is 11.9. The largest absolute Gasteiger partial charge is 0.483 e. The van der Waals surface area contributed by atoms with E-state index < -0.39 is 11.8 Å². The molecule has 1 unspecified atom stereocenters. The summed E-state index contributed by atoms with van der Waals surface area (Å²) in [6, 6.07) is 14.0. The highest BCUT2D eigenvalue weighted by molar-refractivity contribution is 6.30. The van der Waals surface area contributed by atoms with Crippen LogP contribution in [0.2, 0.25) is 5.02 Å². The molecular weight excluding hydrogens is 340 g/mol. The van der Waals surface area contributed by atoms with Gasteiger partial charge in [-0.1, -0.05) is 43.6 Å². The second-order valence-electron chi connectivity index (χ2n) is 5.64. The van der Waals surface area contributed by atoms with E-state index in [2.05, 4.69) is 24.7 Å². The van der Waals surface area contributed by atoms with Crippen molar-refractivity contribution in [1.29, 1.82) is 0 Å². The Morgan fingerprint density at radius 1 is 1.08 bits per heavy atom. The fourth-order valence-corrected chi connectivity index (χ4v) is 2.34. The summed E-state index contributed by atoms with van der Waals surface area (Å²) >= 11 is 5.77. The number of ether oxygens (including phenoxy) is 1. The Hall–Kier alpha value is -2.53. The Morgan fingerprint density at radius 2 is 1.76 bits per heavy atom. The van der Waals surface area contributed by atoms with E-state index in [-0.39, 0.29) is 6.61 Å². The van der Waals surface area contributed by atoms with Gasteiger partial charge in [0.1, 0.15) is 5.75 Å². The van der Waals surface area contributed by atoms with Crippen molar-refractivity contribution in [3.63, 3.8) is 0 Å². The maximum atomic E-state index is 11.9. The molecule has 1 atom stereocenters. The van der Waals surface area contributed by atoms with E-state index in [4.69, 9.17) is 16.3 Å². The van der Waals surface area contributed by atoms with Crippen LogP contribution in [0.5, 0.6) is 5.75 Å². The van der Waals surface area contributed by atoms with E-state index in [1.54, 1.807) is 24.3 Å². The van der Waals surface area contributed by atoms with Crippen molar-refractivity contribution in [3.8, 4) is 5.75 Å². The molecule has 2 aromatic rings. The molecule has 0 saturated heterocycles. The molecule has 5 nitrogen and oxygen atoms in total. The molecule has 0 spiro atoms. The van der Waals surface area contributed by atoms with E-state index in [1.165, 1.54) is 0 Å². The Kier molecular flexibility index (Phi) is 6.83. The monoisotopic (exact) mass is 360 g/mol. The molecule has 132 valence electrons. The summed E-state index contributed by atoms with van der Waals surface area (Å²) in [6.07, 6.45) is 0.976. The lowest BCUT2D eigenvalue weighted by molar-refractivity contribution is -0.123. The standard InChI is InChI=1S/C19H21ClN2O3/c1-3-13(2)16-6-4-5-7-17(16)25-12-18(23)21-22-19(24)14-8-10-15(20)11-9-14/h4-11,13H,3,12H2,1-2H3,(H,21,23)(H,22,24). The predicted octanol–water partition coefficient (Wildman–Crippen LogP) is 3.69. The zero-order valence-corrected chi connectivity index (χ0v) is 15.0. The third kappa shape index (κ3) is 5.50. The van der Waals surface area contributed by atoms with Crippen molar-refractivity contribution in [3.05, 3.63) is 64.7 Å². The SMILES string of the molecule is CCC(C)c1ccccc1OCC(=O)NNC(=O)c1ccc(Cl)cc1. The molecule has 0 aliphatic rings. The summed E-state index contributed by atoms with van der Waals surface area (Å²) in [4.78, 5) is 23.8. The first-order valence-corrected chi connectivity index (χ1v) is 8.45. The first kappa shape index (κ1) is 18.8. The van der Waals surface area contributed by atoms with Crippen LogP contribution in [-0.4, -0.2) is 18.4 Å². The highest BCUT2D eigenvalue weighted by atomic mass is 35.5. The number of para-hydroxylation sites is 1. The van der Waals surface area contributed by atoms with Gasteiger partial charge in [-0.2, -0.15) is 0 Å². The number of nitrogens with one attached hydrogen (secondary N) is 2. The normalized spacial score (nSPS) is 11.5. The molecule has 2 amide bonds. The van der Waals surface area contributed by atoms with Gasteiger partial charge in [0.15, 0.2) is 6.61 Å². The van der Waals surface area contributed by atoms with E-state index in [0.29, 0.717) is 22.3 Å². The van der Waals surface area contributed by atoms with Crippen LogP contribution in [0.15, 0.2) is 48.5 Å². The molecule has 0 radical (unpaired) electrons.